The molecule has 2 fully saturated rings. The Morgan fingerprint density at radius 1 is 1.33 bits per heavy atom. The molecular weight excluding hydrogens is 282 g/mol. The van der Waals surface area contributed by atoms with E-state index >= 15 is 0 Å². The molecule has 2 heterocycles. The highest BCUT2D eigenvalue weighted by Crippen LogP contribution is 2.39. The van der Waals surface area contributed by atoms with Crippen LogP contribution in [0.2, 0.25) is 5.02 Å². The molecule has 2 aliphatic heterocycles. The lowest BCUT2D eigenvalue weighted by Crippen LogP contribution is -2.60. The molecule has 0 radical (unpaired) electrons. The monoisotopic (exact) mass is 307 g/mol. The number of hydrogen-bond donors (Lipinski definition) is 1. The number of nitrogens with zero attached hydrogens (tertiary/aromatic N) is 2. The minimum atomic E-state index is 0.111. The van der Waals surface area contributed by atoms with E-state index in [0.717, 1.165) is 18.1 Å². The minimum Gasteiger partial charge on any atom is -0.329 e. The van der Waals surface area contributed by atoms with Crippen molar-refractivity contribution in [2.75, 3.05) is 26.7 Å². The van der Waals surface area contributed by atoms with E-state index in [1.807, 2.05) is 12.1 Å². The van der Waals surface area contributed by atoms with Crippen LogP contribution < -0.4 is 5.73 Å². The molecule has 0 amide bonds. The number of hydrogen-bond acceptors (Lipinski definition) is 3. The second kappa shape index (κ2) is 6.25. The zero-order valence-corrected chi connectivity index (χ0v) is 13.6. The van der Waals surface area contributed by atoms with Crippen molar-refractivity contribution < 1.29 is 0 Å². The van der Waals surface area contributed by atoms with Crippen molar-refractivity contribution in [1.82, 2.24) is 9.80 Å². The highest BCUT2D eigenvalue weighted by molar-refractivity contribution is 6.31. The van der Waals surface area contributed by atoms with Gasteiger partial charge in [0.2, 0.25) is 0 Å². The second-order valence-corrected chi connectivity index (χ2v) is 6.96. The summed E-state index contributed by atoms with van der Waals surface area (Å²) in [6.45, 7) is 4.04. The standard InChI is InChI=1S/C17H26ClN3/c1-20(12-14-6-2-3-7-15(14)18)17(13-19)9-11-21-10-5-4-8-16(17)21/h2-3,6-7,16H,4-5,8-13,19H2,1H3. The lowest BCUT2D eigenvalue weighted by molar-refractivity contribution is 0.0512. The van der Waals surface area contributed by atoms with E-state index < -0.39 is 0 Å². The second-order valence-electron chi connectivity index (χ2n) is 6.55. The molecule has 2 N–H and O–H groups in total. The number of nitrogens with two attached hydrogens (primary N) is 1. The Hall–Kier alpha value is -0.610. The molecule has 3 rings (SSSR count). The highest BCUT2D eigenvalue weighted by atomic mass is 35.5. The molecular formula is C17H26ClN3. The summed E-state index contributed by atoms with van der Waals surface area (Å²) in [4.78, 5) is 5.11. The molecule has 2 atom stereocenters. The van der Waals surface area contributed by atoms with Crippen LogP contribution >= 0.6 is 11.6 Å². The molecule has 0 aliphatic carbocycles. The molecule has 21 heavy (non-hydrogen) atoms. The largest absolute Gasteiger partial charge is 0.329 e. The predicted molar refractivity (Wildman–Crippen MR) is 88.5 cm³/mol. The van der Waals surface area contributed by atoms with E-state index in [4.69, 9.17) is 17.3 Å². The maximum absolute atomic E-state index is 6.33. The first kappa shape index (κ1) is 15.3. The van der Waals surface area contributed by atoms with Crippen molar-refractivity contribution in [2.24, 2.45) is 5.73 Å². The van der Waals surface area contributed by atoms with Crippen molar-refractivity contribution >= 4 is 11.6 Å². The first-order valence-electron chi connectivity index (χ1n) is 8.06. The van der Waals surface area contributed by atoms with Gasteiger partial charge >= 0.3 is 0 Å². The summed E-state index contributed by atoms with van der Waals surface area (Å²) in [5.74, 6) is 0. The van der Waals surface area contributed by atoms with Gasteiger partial charge in [-0.15, -0.1) is 0 Å². The van der Waals surface area contributed by atoms with Gasteiger partial charge in [-0.25, -0.2) is 0 Å². The zero-order valence-electron chi connectivity index (χ0n) is 12.9. The van der Waals surface area contributed by atoms with Gasteiger partial charge in [-0.3, -0.25) is 9.80 Å². The number of fused-ring (bicyclic) bond motifs is 1. The first-order chi connectivity index (χ1) is 10.2. The number of halogens is 1. The van der Waals surface area contributed by atoms with Crippen LogP contribution in [0.4, 0.5) is 0 Å². The van der Waals surface area contributed by atoms with Crippen LogP contribution in [0, 0.1) is 0 Å². The minimum absolute atomic E-state index is 0.111. The molecule has 2 saturated heterocycles. The smallest absolute Gasteiger partial charge is 0.0499 e. The van der Waals surface area contributed by atoms with Crippen molar-refractivity contribution in [3.63, 3.8) is 0 Å². The predicted octanol–water partition coefficient (Wildman–Crippen LogP) is 2.73. The topological polar surface area (TPSA) is 32.5 Å². The Bertz CT molecular complexity index is 493. The molecule has 0 spiro atoms. The zero-order chi connectivity index (χ0) is 14.9. The number of piperidine rings is 1. The summed E-state index contributed by atoms with van der Waals surface area (Å²) in [6, 6.07) is 8.76. The van der Waals surface area contributed by atoms with E-state index in [2.05, 4.69) is 29.0 Å². The fraction of sp³-hybridized carbons (Fsp3) is 0.647. The first-order valence-corrected chi connectivity index (χ1v) is 8.44. The van der Waals surface area contributed by atoms with E-state index in [-0.39, 0.29) is 5.54 Å². The van der Waals surface area contributed by atoms with Crippen molar-refractivity contribution in [2.45, 2.75) is 43.8 Å². The Morgan fingerprint density at radius 3 is 2.90 bits per heavy atom. The number of rotatable bonds is 4. The van der Waals surface area contributed by atoms with Crippen LogP contribution in [-0.4, -0.2) is 48.1 Å². The molecule has 0 saturated carbocycles. The fourth-order valence-corrected chi connectivity index (χ4v) is 4.45. The Labute approximate surface area is 133 Å². The summed E-state index contributed by atoms with van der Waals surface area (Å²) >= 11 is 6.33. The SMILES string of the molecule is CN(Cc1ccccc1Cl)C1(CN)CCN2CCCCC21. The summed E-state index contributed by atoms with van der Waals surface area (Å²) in [5.41, 5.74) is 7.58. The highest BCUT2D eigenvalue weighted by Gasteiger charge is 2.49. The molecule has 2 aliphatic rings. The lowest BCUT2D eigenvalue weighted by atomic mass is 9.83. The molecule has 116 valence electrons. The van der Waals surface area contributed by atoms with Crippen LogP contribution in [0.5, 0.6) is 0 Å². The molecule has 4 heteroatoms. The quantitative estimate of drug-likeness (QED) is 0.928. The molecule has 1 aromatic rings. The van der Waals surface area contributed by atoms with E-state index in [0.29, 0.717) is 6.04 Å². The average Bonchev–Trinajstić information content (AvgIpc) is 2.90. The summed E-state index contributed by atoms with van der Waals surface area (Å²) in [7, 11) is 2.22. The van der Waals surface area contributed by atoms with E-state index in [1.54, 1.807) is 0 Å². The Morgan fingerprint density at radius 2 is 2.14 bits per heavy atom. The van der Waals surface area contributed by atoms with Gasteiger partial charge in [-0.2, -0.15) is 0 Å². The van der Waals surface area contributed by atoms with Crippen molar-refractivity contribution in [3.8, 4) is 0 Å². The van der Waals surface area contributed by atoms with Gasteiger partial charge in [-0.1, -0.05) is 36.2 Å². The molecule has 0 aromatic heterocycles. The number of benzene rings is 1. The average molecular weight is 308 g/mol. The lowest BCUT2D eigenvalue weighted by Gasteiger charge is -2.46. The van der Waals surface area contributed by atoms with Gasteiger partial charge in [0.25, 0.3) is 0 Å². The number of likely N-dealkylation sites (N-methyl/N-ethyl adjacent to an activating group) is 1. The Kier molecular flexibility index (Phi) is 4.55. The van der Waals surface area contributed by atoms with Gasteiger partial charge in [-0.05, 0) is 44.5 Å². The van der Waals surface area contributed by atoms with Gasteiger partial charge < -0.3 is 5.73 Å². The third-order valence-corrected chi connectivity index (χ3v) is 5.91. The van der Waals surface area contributed by atoms with Crippen LogP contribution in [0.25, 0.3) is 0 Å². The van der Waals surface area contributed by atoms with E-state index in [1.165, 1.54) is 44.3 Å². The maximum Gasteiger partial charge on any atom is 0.0499 e. The van der Waals surface area contributed by atoms with Gasteiger partial charge in [0.15, 0.2) is 0 Å². The van der Waals surface area contributed by atoms with Crippen LogP contribution in [0.1, 0.15) is 31.2 Å². The summed E-state index contributed by atoms with van der Waals surface area (Å²) in [6.07, 6.45) is 5.13. The third kappa shape index (κ3) is 2.72. The fourth-order valence-electron chi connectivity index (χ4n) is 4.25. The summed E-state index contributed by atoms with van der Waals surface area (Å²) < 4.78 is 0. The third-order valence-electron chi connectivity index (χ3n) is 5.54. The van der Waals surface area contributed by atoms with Crippen LogP contribution in [-0.2, 0) is 6.54 Å². The van der Waals surface area contributed by atoms with Crippen molar-refractivity contribution in [3.05, 3.63) is 34.9 Å². The Balaban J connectivity index is 1.81. The van der Waals surface area contributed by atoms with Crippen LogP contribution in [0.15, 0.2) is 24.3 Å². The molecule has 2 unspecified atom stereocenters. The van der Waals surface area contributed by atoms with Gasteiger partial charge in [0.1, 0.15) is 0 Å². The van der Waals surface area contributed by atoms with Gasteiger partial charge in [0.05, 0.1) is 0 Å². The normalized spacial score (nSPS) is 29.8. The van der Waals surface area contributed by atoms with E-state index in [9.17, 15) is 0 Å². The summed E-state index contributed by atoms with van der Waals surface area (Å²) in [5, 5.41) is 0.856. The maximum atomic E-state index is 6.33. The molecule has 1 aromatic carbocycles. The van der Waals surface area contributed by atoms with Crippen molar-refractivity contribution in [1.29, 1.82) is 0 Å². The molecule has 0 bridgehead atoms. The molecule has 3 nitrogen and oxygen atoms in total. The van der Waals surface area contributed by atoms with Crippen LogP contribution in [0.3, 0.4) is 0 Å². The van der Waals surface area contributed by atoms with Gasteiger partial charge in [0, 0.05) is 36.2 Å².